The summed E-state index contributed by atoms with van der Waals surface area (Å²) in [4.78, 5) is 4.49. The molecule has 2 heterocycles. The SMILES string of the molecule is Cc1cc(-c2csc(-c3ccccc3O)n2)c(C)n1CC(F)(F)F. The van der Waals surface area contributed by atoms with Crippen LogP contribution in [0.1, 0.15) is 11.4 Å². The molecule has 0 atom stereocenters. The quantitative estimate of drug-likeness (QED) is 0.707. The number of benzene rings is 1. The molecule has 0 spiro atoms. The third kappa shape index (κ3) is 3.17. The maximum absolute atomic E-state index is 12.7. The van der Waals surface area contributed by atoms with E-state index in [0.29, 0.717) is 33.2 Å². The number of para-hydroxylation sites is 1. The van der Waals surface area contributed by atoms with Crippen LogP contribution >= 0.6 is 11.3 Å². The smallest absolute Gasteiger partial charge is 0.406 e. The number of aryl methyl sites for hydroxylation is 1. The molecule has 3 rings (SSSR count). The van der Waals surface area contributed by atoms with E-state index in [4.69, 9.17) is 0 Å². The highest BCUT2D eigenvalue weighted by atomic mass is 32.1. The first kappa shape index (κ1) is 16.6. The summed E-state index contributed by atoms with van der Waals surface area (Å²) < 4.78 is 39.4. The van der Waals surface area contributed by atoms with Crippen LogP contribution in [-0.4, -0.2) is 20.8 Å². The van der Waals surface area contributed by atoms with Gasteiger partial charge in [0.2, 0.25) is 0 Å². The lowest BCUT2D eigenvalue weighted by Gasteiger charge is -2.12. The molecule has 0 amide bonds. The van der Waals surface area contributed by atoms with Gasteiger partial charge in [-0.1, -0.05) is 12.1 Å². The van der Waals surface area contributed by atoms with Crippen molar-refractivity contribution in [3.8, 4) is 27.6 Å². The van der Waals surface area contributed by atoms with E-state index in [-0.39, 0.29) is 5.75 Å². The van der Waals surface area contributed by atoms with Gasteiger partial charge in [0.25, 0.3) is 0 Å². The van der Waals surface area contributed by atoms with Crippen molar-refractivity contribution < 1.29 is 18.3 Å². The van der Waals surface area contributed by atoms with Gasteiger partial charge in [-0.05, 0) is 32.0 Å². The summed E-state index contributed by atoms with van der Waals surface area (Å²) in [6.45, 7) is 2.30. The van der Waals surface area contributed by atoms with Crippen molar-refractivity contribution in [2.45, 2.75) is 26.6 Å². The highest BCUT2D eigenvalue weighted by Crippen LogP contribution is 2.36. The van der Waals surface area contributed by atoms with Crippen molar-refractivity contribution in [2.24, 2.45) is 0 Å². The zero-order valence-electron chi connectivity index (χ0n) is 13.1. The van der Waals surface area contributed by atoms with Crippen LogP contribution in [0.2, 0.25) is 0 Å². The van der Waals surface area contributed by atoms with Gasteiger partial charge in [-0.2, -0.15) is 13.2 Å². The third-order valence-electron chi connectivity index (χ3n) is 3.83. The maximum Gasteiger partial charge on any atom is 0.406 e. The molecule has 0 saturated carbocycles. The third-order valence-corrected chi connectivity index (χ3v) is 4.70. The summed E-state index contributed by atoms with van der Waals surface area (Å²) in [5.74, 6) is 0.126. The fraction of sp³-hybridized carbons (Fsp3) is 0.235. The highest BCUT2D eigenvalue weighted by molar-refractivity contribution is 7.13. The largest absolute Gasteiger partial charge is 0.507 e. The van der Waals surface area contributed by atoms with Crippen LogP contribution in [0.15, 0.2) is 35.7 Å². The van der Waals surface area contributed by atoms with Gasteiger partial charge in [0.15, 0.2) is 0 Å². The lowest BCUT2D eigenvalue weighted by Crippen LogP contribution is -2.19. The number of hydrogen-bond donors (Lipinski definition) is 1. The molecule has 7 heteroatoms. The Morgan fingerprint density at radius 1 is 1.17 bits per heavy atom. The van der Waals surface area contributed by atoms with E-state index in [2.05, 4.69) is 4.98 Å². The summed E-state index contributed by atoms with van der Waals surface area (Å²) in [6.07, 6.45) is -4.27. The van der Waals surface area contributed by atoms with Gasteiger partial charge < -0.3 is 9.67 Å². The monoisotopic (exact) mass is 352 g/mol. The van der Waals surface area contributed by atoms with E-state index in [1.54, 1.807) is 49.6 Å². The molecule has 0 bridgehead atoms. The molecular formula is C17H15F3N2OS. The molecule has 126 valence electrons. The minimum absolute atomic E-state index is 0.126. The van der Waals surface area contributed by atoms with Crippen LogP contribution in [0.3, 0.4) is 0 Å². The number of phenolic OH excluding ortho intramolecular Hbond substituents is 1. The fourth-order valence-electron chi connectivity index (χ4n) is 2.66. The van der Waals surface area contributed by atoms with Gasteiger partial charge in [-0.25, -0.2) is 4.98 Å². The standard InChI is InChI=1S/C17H15F3N2OS/c1-10-7-13(11(2)22(10)9-17(18,19)20)14-8-24-16(21-14)12-5-3-4-6-15(12)23/h3-8,23H,9H2,1-2H3. The maximum atomic E-state index is 12.7. The summed E-state index contributed by atoms with van der Waals surface area (Å²) in [5.41, 5.74) is 2.96. The lowest BCUT2D eigenvalue weighted by molar-refractivity contribution is -0.141. The van der Waals surface area contributed by atoms with Crippen molar-refractivity contribution in [1.82, 2.24) is 9.55 Å². The predicted molar refractivity (Wildman–Crippen MR) is 88.2 cm³/mol. The molecule has 3 aromatic rings. The zero-order chi connectivity index (χ0) is 17.5. The van der Waals surface area contributed by atoms with Gasteiger partial charge in [0, 0.05) is 22.3 Å². The van der Waals surface area contributed by atoms with Crippen LogP contribution < -0.4 is 0 Å². The summed E-state index contributed by atoms with van der Waals surface area (Å²) in [6, 6.07) is 8.56. The molecule has 0 aliphatic heterocycles. The molecule has 0 saturated heterocycles. The number of halogens is 3. The highest BCUT2D eigenvalue weighted by Gasteiger charge is 2.30. The summed E-state index contributed by atoms with van der Waals surface area (Å²) >= 11 is 1.35. The Morgan fingerprint density at radius 2 is 1.88 bits per heavy atom. The molecule has 0 aliphatic carbocycles. The first-order valence-corrected chi connectivity index (χ1v) is 8.12. The number of phenols is 1. The van der Waals surface area contributed by atoms with E-state index in [0.717, 1.165) is 0 Å². The molecule has 1 aromatic carbocycles. The second kappa shape index (κ2) is 5.98. The van der Waals surface area contributed by atoms with Crippen molar-refractivity contribution in [3.63, 3.8) is 0 Å². The second-order valence-electron chi connectivity index (χ2n) is 5.54. The summed E-state index contributed by atoms with van der Waals surface area (Å²) in [5, 5.41) is 12.3. The van der Waals surface area contributed by atoms with E-state index in [9.17, 15) is 18.3 Å². The Labute approximate surface area is 141 Å². The number of thiazole rings is 1. The number of alkyl halides is 3. The second-order valence-corrected chi connectivity index (χ2v) is 6.40. The number of aromatic nitrogens is 2. The average Bonchev–Trinajstić information content (AvgIpc) is 3.07. The molecule has 0 fully saturated rings. The van der Waals surface area contributed by atoms with Gasteiger partial charge >= 0.3 is 6.18 Å². The minimum Gasteiger partial charge on any atom is -0.507 e. The van der Waals surface area contributed by atoms with E-state index in [1.807, 2.05) is 0 Å². The average molecular weight is 352 g/mol. The van der Waals surface area contributed by atoms with Gasteiger partial charge in [-0.3, -0.25) is 0 Å². The first-order valence-electron chi connectivity index (χ1n) is 7.24. The number of rotatable bonds is 3. The van der Waals surface area contributed by atoms with Crippen LogP contribution in [0.5, 0.6) is 5.75 Å². The van der Waals surface area contributed by atoms with Crippen molar-refractivity contribution in [1.29, 1.82) is 0 Å². The van der Waals surface area contributed by atoms with E-state index >= 15 is 0 Å². The molecule has 0 aliphatic rings. The minimum atomic E-state index is -4.27. The Morgan fingerprint density at radius 3 is 2.54 bits per heavy atom. The van der Waals surface area contributed by atoms with Crippen molar-refractivity contribution in [3.05, 3.63) is 47.1 Å². The molecule has 3 nitrogen and oxygen atoms in total. The van der Waals surface area contributed by atoms with E-state index in [1.165, 1.54) is 15.9 Å². The van der Waals surface area contributed by atoms with Gasteiger partial charge in [0.1, 0.15) is 17.3 Å². The Kier molecular flexibility index (Phi) is 4.13. The Balaban J connectivity index is 2.00. The van der Waals surface area contributed by atoms with Crippen molar-refractivity contribution >= 4 is 11.3 Å². The summed E-state index contributed by atoms with van der Waals surface area (Å²) in [7, 11) is 0. The van der Waals surface area contributed by atoms with Gasteiger partial charge in [-0.15, -0.1) is 11.3 Å². The molecule has 2 aromatic heterocycles. The van der Waals surface area contributed by atoms with E-state index < -0.39 is 12.7 Å². The van der Waals surface area contributed by atoms with Gasteiger partial charge in [0.05, 0.1) is 11.3 Å². The molecule has 24 heavy (non-hydrogen) atoms. The predicted octanol–water partition coefficient (Wildman–Crippen LogP) is 5.16. The molecule has 0 radical (unpaired) electrons. The molecular weight excluding hydrogens is 337 g/mol. The molecule has 0 unspecified atom stereocenters. The molecule has 1 N–H and O–H groups in total. The Hall–Kier alpha value is -2.28. The van der Waals surface area contributed by atoms with Crippen LogP contribution in [0.25, 0.3) is 21.8 Å². The lowest BCUT2D eigenvalue weighted by atomic mass is 10.2. The first-order chi connectivity index (χ1) is 11.3. The number of aromatic hydroxyl groups is 1. The van der Waals surface area contributed by atoms with Crippen LogP contribution in [0.4, 0.5) is 13.2 Å². The number of hydrogen-bond acceptors (Lipinski definition) is 3. The Bertz CT molecular complexity index is 880. The van der Waals surface area contributed by atoms with Crippen molar-refractivity contribution in [2.75, 3.05) is 0 Å². The fourth-order valence-corrected chi connectivity index (χ4v) is 3.51. The topological polar surface area (TPSA) is 38.1 Å². The number of nitrogens with zero attached hydrogens (tertiary/aromatic N) is 2. The van der Waals surface area contributed by atoms with Crippen LogP contribution in [-0.2, 0) is 6.54 Å². The zero-order valence-corrected chi connectivity index (χ0v) is 13.9. The van der Waals surface area contributed by atoms with Crippen LogP contribution in [0, 0.1) is 13.8 Å². The normalized spacial score (nSPS) is 11.9.